The SMILES string of the molecule is CC(C)(C)OC(=O)N/C(=C\c1c[nH]c2ccccc12)C(=O)[O-]. The predicted molar refractivity (Wildman–Crippen MR) is 80.7 cm³/mol. The summed E-state index contributed by atoms with van der Waals surface area (Å²) >= 11 is 0. The normalized spacial score (nSPS) is 12.2. The summed E-state index contributed by atoms with van der Waals surface area (Å²) in [7, 11) is 0. The number of hydrogen-bond donors (Lipinski definition) is 2. The zero-order valence-electron chi connectivity index (χ0n) is 12.6. The van der Waals surface area contributed by atoms with Crippen molar-refractivity contribution in [1.82, 2.24) is 10.3 Å². The van der Waals surface area contributed by atoms with Crippen molar-refractivity contribution in [2.75, 3.05) is 0 Å². The lowest BCUT2D eigenvalue weighted by Gasteiger charge is -2.20. The highest BCUT2D eigenvalue weighted by Gasteiger charge is 2.17. The van der Waals surface area contributed by atoms with Crippen molar-refractivity contribution < 1.29 is 19.4 Å². The molecular weight excluding hydrogens is 284 g/mol. The second-order valence-corrected chi connectivity index (χ2v) is 5.76. The molecule has 1 aromatic carbocycles. The molecule has 1 heterocycles. The van der Waals surface area contributed by atoms with Crippen LogP contribution in [-0.4, -0.2) is 22.6 Å². The first-order chi connectivity index (χ1) is 10.3. The first-order valence-corrected chi connectivity index (χ1v) is 6.75. The van der Waals surface area contributed by atoms with Crippen LogP contribution in [-0.2, 0) is 9.53 Å². The summed E-state index contributed by atoms with van der Waals surface area (Å²) in [6.07, 6.45) is 2.14. The molecule has 0 aliphatic rings. The number of rotatable bonds is 3. The zero-order valence-corrected chi connectivity index (χ0v) is 12.6. The Labute approximate surface area is 127 Å². The van der Waals surface area contributed by atoms with Gasteiger partial charge in [-0.2, -0.15) is 0 Å². The Morgan fingerprint density at radius 3 is 2.59 bits per heavy atom. The molecule has 1 amide bonds. The molecule has 2 rings (SSSR count). The van der Waals surface area contributed by atoms with Gasteiger partial charge >= 0.3 is 6.09 Å². The van der Waals surface area contributed by atoms with Crippen molar-refractivity contribution in [3.05, 3.63) is 41.7 Å². The van der Waals surface area contributed by atoms with E-state index in [1.165, 1.54) is 6.08 Å². The smallest absolute Gasteiger partial charge is 0.412 e. The second-order valence-electron chi connectivity index (χ2n) is 5.76. The van der Waals surface area contributed by atoms with Crippen molar-refractivity contribution in [2.24, 2.45) is 0 Å². The summed E-state index contributed by atoms with van der Waals surface area (Å²) < 4.78 is 5.04. The van der Waals surface area contributed by atoms with Crippen LogP contribution in [0.4, 0.5) is 4.79 Å². The average molecular weight is 301 g/mol. The van der Waals surface area contributed by atoms with Gasteiger partial charge in [-0.3, -0.25) is 5.32 Å². The topological polar surface area (TPSA) is 94.2 Å². The Balaban J connectivity index is 2.28. The lowest BCUT2D eigenvalue weighted by molar-refractivity contribution is -0.299. The average Bonchev–Trinajstić information content (AvgIpc) is 2.79. The van der Waals surface area contributed by atoms with E-state index in [2.05, 4.69) is 10.3 Å². The van der Waals surface area contributed by atoms with Gasteiger partial charge in [-0.1, -0.05) is 18.2 Å². The Morgan fingerprint density at radius 1 is 1.27 bits per heavy atom. The van der Waals surface area contributed by atoms with Crippen molar-refractivity contribution in [3.8, 4) is 0 Å². The van der Waals surface area contributed by atoms with Crippen molar-refractivity contribution in [2.45, 2.75) is 26.4 Å². The van der Waals surface area contributed by atoms with Crippen molar-refractivity contribution in [3.63, 3.8) is 0 Å². The van der Waals surface area contributed by atoms with Gasteiger partial charge in [0.05, 0.1) is 11.7 Å². The number of H-pyrrole nitrogens is 1. The molecule has 6 heteroatoms. The summed E-state index contributed by atoms with van der Waals surface area (Å²) in [6, 6.07) is 7.42. The lowest BCUT2D eigenvalue weighted by Crippen LogP contribution is -2.38. The number of aromatic nitrogens is 1. The van der Waals surface area contributed by atoms with Gasteiger partial charge in [-0.05, 0) is 32.9 Å². The van der Waals surface area contributed by atoms with Crippen LogP contribution in [0, 0.1) is 0 Å². The number of nitrogens with one attached hydrogen (secondary N) is 2. The van der Waals surface area contributed by atoms with Crippen LogP contribution in [0.15, 0.2) is 36.2 Å². The quantitative estimate of drug-likeness (QED) is 0.845. The molecule has 0 atom stereocenters. The zero-order chi connectivity index (χ0) is 16.3. The summed E-state index contributed by atoms with van der Waals surface area (Å²) in [5.41, 5.74) is 0.413. The van der Waals surface area contributed by atoms with Gasteiger partial charge in [0.2, 0.25) is 0 Å². The van der Waals surface area contributed by atoms with Gasteiger partial charge in [0.1, 0.15) is 5.60 Å². The fourth-order valence-corrected chi connectivity index (χ4v) is 1.93. The number of ether oxygens (including phenoxy) is 1. The van der Waals surface area contributed by atoms with Gasteiger partial charge in [-0.15, -0.1) is 0 Å². The molecular formula is C16H17N2O4-. The molecule has 22 heavy (non-hydrogen) atoms. The molecule has 0 bridgehead atoms. The number of carbonyl (C=O) groups is 2. The molecule has 1 aromatic heterocycles. The van der Waals surface area contributed by atoms with Gasteiger partial charge in [0.15, 0.2) is 0 Å². The number of fused-ring (bicyclic) bond motifs is 1. The van der Waals surface area contributed by atoms with E-state index in [1.54, 1.807) is 27.0 Å². The molecule has 6 nitrogen and oxygen atoms in total. The number of alkyl carbamates (subject to hydrolysis) is 1. The largest absolute Gasteiger partial charge is 0.543 e. The van der Waals surface area contributed by atoms with Gasteiger partial charge in [0.25, 0.3) is 0 Å². The molecule has 0 unspecified atom stereocenters. The number of carboxylic acid groups (broad SMARTS) is 1. The number of hydrogen-bond acceptors (Lipinski definition) is 4. The molecule has 2 N–H and O–H groups in total. The molecule has 0 aliphatic heterocycles. The van der Waals surface area contributed by atoms with Crippen molar-refractivity contribution in [1.29, 1.82) is 0 Å². The second kappa shape index (κ2) is 5.93. The van der Waals surface area contributed by atoms with E-state index >= 15 is 0 Å². The third-order valence-electron chi connectivity index (χ3n) is 2.78. The Kier molecular flexibility index (Phi) is 4.21. The minimum Gasteiger partial charge on any atom is -0.543 e. The first kappa shape index (κ1) is 15.6. The molecule has 0 radical (unpaired) electrons. The minimum absolute atomic E-state index is 0.362. The van der Waals surface area contributed by atoms with E-state index in [-0.39, 0.29) is 5.70 Å². The Bertz CT molecular complexity index is 738. The van der Waals surface area contributed by atoms with Crippen LogP contribution in [0.25, 0.3) is 17.0 Å². The van der Waals surface area contributed by atoms with E-state index in [1.807, 2.05) is 24.3 Å². The number of carboxylic acids is 1. The molecule has 0 aliphatic carbocycles. The van der Waals surface area contributed by atoms with E-state index in [4.69, 9.17) is 4.74 Å². The number of amides is 1. The maximum Gasteiger partial charge on any atom is 0.412 e. The highest BCUT2D eigenvalue weighted by atomic mass is 16.6. The van der Waals surface area contributed by atoms with Crippen LogP contribution in [0.1, 0.15) is 26.3 Å². The van der Waals surface area contributed by atoms with Crippen LogP contribution in [0.5, 0.6) is 0 Å². The van der Waals surface area contributed by atoms with E-state index < -0.39 is 17.7 Å². The fourth-order valence-electron chi connectivity index (χ4n) is 1.93. The fraction of sp³-hybridized carbons (Fsp3) is 0.250. The third kappa shape index (κ3) is 3.88. The van der Waals surface area contributed by atoms with Crippen LogP contribution < -0.4 is 10.4 Å². The summed E-state index contributed by atoms with van der Waals surface area (Å²) in [6.45, 7) is 5.07. The van der Waals surface area contributed by atoms with Gasteiger partial charge in [-0.25, -0.2) is 4.79 Å². The van der Waals surface area contributed by atoms with Crippen LogP contribution in [0.3, 0.4) is 0 Å². The van der Waals surface area contributed by atoms with Gasteiger partial charge < -0.3 is 19.6 Å². The van der Waals surface area contributed by atoms with Crippen LogP contribution in [0.2, 0.25) is 0 Å². The molecule has 116 valence electrons. The predicted octanol–water partition coefficient (Wildman–Crippen LogP) is 1.78. The van der Waals surface area contributed by atoms with E-state index in [0.29, 0.717) is 5.56 Å². The maximum atomic E-state index is 11.7. The van der Waals surface area contributed by atoms with Crippen LogP contribution >= 0.6 is 0 Å². The molecule has 0 saturated carbocycles. The molecule has 2 aromatic rings. The summed E-state index contributed by atoms with van der Waals surface area (Å²) in [4.78, 5) is 25.9. The minimum atomic E-state index is -1.49. The summed E-state index contributed by atoms with van der Waals surface area (Å²) in [5.74, 6) is -1.49. The maximum absolute atomic E-state index is 11.7. The monoisotopic (exact) mass is 301 g/mol. The number of para-hydroxylation sites is 1. The van der Waals surface area contributed by atoms with E-state index in [0.717, 1.165) is 10.9 Å². The number of carbonyl (C=O) groups excluding carboxylic acids is 2. The lowest BCUT2D eigenvalue weighted by atomic mass is 10.1. The first-order valence-electron chi connectivity index (χ1n) is 6.75. The number of aliphatic carboxylic acids is 1. The Hall–Kier alpha value is -2.76. The highest BCUT2D eigenvalue weighted by Crippen LogP contribution is 2.20. The number of benzene rings is 1. The molecule has 0 spiro atoms. The highest BCUT2D eigenvalue weighted by molar-refractivity contribution is 5.98. The standard InChI is InChI=1S/C16H18N2O4/c1-16(2,3)22-15(21)18-13(14(19)20)8-10-9-17-12-7-5-4-6-11(10)12/h4-9,17H,1-3H3,(H,18,21)(H,19,20)/p-1/b13-8-. The van der Waals surface area contributed by atoms with Gasteiger partial charge in [0, 0.05) is 22.7 Å². The van der Waals surface area contributed by atoms with Crippen molar-refractivity contribution >= 4 is 29.0 Å². The number of aromatic amines is 1. The third-order valence-corrected chi connectivity index (χ3v) is 2.78. The summed E-state index contributed by atoms with van der Waals surface area (Å²) in [5, 5.41) is 14.2. The van der Waals surface area contributed by atoms with E-state index in [9.17, 15) is 14.7 Å². The molecule has 0 fully saturated rings. The Morgan fingerprint density at radius 2 is 1.95 bits per heavy atom. The molecule has 0 saturated heterocycles.